The van der Waals surface area contributed by atoms with E-state index < -0.39 is 0 Å². The molecule has 18 heavy (non-hydrogen) atoms. The first-order valence-electron chi connectivity index (χ1n) is 6.76. The van der Waals surface area contributed by atoms with Crippen molar-refractivity contribution in [1.82, 2.24) is 10.3 Å². The van der Waals surface area contributed by atoms with Crippen LogP contribution in [-0.4, -0.2) is 31.8 Å². The van der Waals surface area contributed by atoms with Gasteiger partial charge in [0.1, 0.15) is 0 Å². The molecule has 4 heteroatoms. The van der Waals surface area contributed by atoms with E-state index in [9.17, 15) is 0 Å². The van der Waals surface area contributed by atoms with Crippen LogP contribution in [-0.2, 0) is 11.2 Å². The van der Waals surface area contributed by atoms with Gasteiger partial charge >= 0.3 is 0 Å². The average Bonchev–Trinajstić information content (AvgIpc) is 2.78. The second-order valence-corrected chi connectivity index (χ2v) is 6.22. The zero-order chi connectivity index (χ0) is 13.4. The van der Waals surface area contributed by atoms with Crippen molar-refractivity contribution < 1.29 is 4.74 Å². The molecule has 0 fully saturated rings. The molecule has 3 nitrogen and oxygen atoms in total. The van der Waals surface area contributed by atoms with Crippen molar-refractivity contribution in [3.05, 3.63) is 16.1 Å². The molecule has 0 spiro atoms. The number of aryl methyl sites for hydroxylation is 1. The van der Waals surface area contributed by atoms with Gasteiger partial charge in [-0.25, -0.2) is 4.98 Å². The zero-order valence-corrected chi connectivity index (χ0v) is 12.9. The summed E-state index contributed by atoms with van der Waals surface area (Å²) in [6, 6.07) is 0. The predicted molar refractivity (Wildman–Crippen MR) is 78.3 cm³/mol. The van der Waals surface area contributed by atoms with Crippen molar-refractivity contribution in [2.24, 2.45) is 5.41 Å². The quantitative estimate of drug-likeness (QED) is 0.700. The van der Waals surface area contributed by atoms with Crippen LogP contribution < -0.4 is 5.32 Å². The summed E-state index contributed by atoms with van der Waals surface area (Å²) in [5, 5.41) is 4.68. The molecular weight excluding hydrogens is 244 g/mol. The third-order valence-corrected chi connectivity index (χ3v) is 4.61. The van der Waals surface area contributed by atoms with Crippen LogP contribution in [0.4, 0.5) is 0 Å². The van der Waals surface area contributed by atoms with Crippen molar-refractivity contribution in [1.29, 1.82) is 0 Å². The molecule has 1 aromatic rings. The Morgan fingerprint density at radius 2 is 2.11 bits per heavy atom. The molecule has 0 aliphatic rings. The third kappa shape index (κ3) is 4.67. The number of nitrogens with zero attached hydrogens (tertiary/aromatic N) is 1. The standard InChI is InChI=1S/C14H26N2OS/c1-5-14(6-2,11-15-7-8-17-4)9-13-10-16-12(3)18-13/h10,15H,5-9,11H2,1-4H3. The Morgan fingerprint density at radius 3 is 2.61 bits per heavy atom. The Bertz CT molecular complexity index is 334. The summed E-state index contributed by atoms with van der Waals surface area (Å²) in [5.74, 6) is 0. The number of methoxy groups -OCH3 is 1. The fraction of sp³-hybridized carbons (Fsp3) is 0.786. The van der Waals surface area contributed by atoms with E-state index in [2.05, 4.69) is 31.1 Å². The Kier molecular flexibility index (Phi) is 6.82. The van der Waals surface area contributed by atoms with Gasteiger partial charge in [-0.2, -0.15) is 0 Å². The molecule has 0 radical (unpaired) electrons. The lowest BCUT2D eigenvalue weighted by Gasteiger charge is -2.31. The highest BCUT2D eigenvalue weighted by Crippen LogP contribution is 2.32. The largest absolute Gasteiger partial charge is 0.383 e. The smallest absolute Gasteiger partial charge is 0.0896 e. The van der Waals surface area contributed by atoms with E-state index in [1.54, 1.807) is 7.11 Å². The second kappa shape index (κ2) is 7.87. The maximum absolute atomic E-state index is 5.08. The van der Waals surface area contributed by atoms with Crippen LogP contribution in [0.1, 0.15) is 36.6 Å². The summed E-state index contributed by atoms with van der Waals surface area (Å²) in [6.45, 7) is 9.42. The van der Waals surface area contributed by atoms with Crippen LogP contribution in [0.15, 0.2) is 6.20 Å². The normalized spacial score (nSPS) is 12.0. The van der Waals surface area contributed by atoms with Crippen molar-refractivity contribution in [2.45, 2.75) is 40.0 Å². The van der Waals surface area contributed by atoms with Crippen LogP contribution >= 0.6 is 11.3 Å². The van der Waals surface area contributed by atoms with Gasteiger partial charge in [-0.3, -0.25) is 0 Å². The molecule has 104 valence electrons. The van der Waals surface area contributed by atoms with Crippen LogP contribution in [0.25, 0.3) is 0 Å². The van der Waals surface area contributed by atoms with Gasteiger partial charge in [0.25, 0.3) is 0 Å². The molecule has 0 aromatic carbocycles. The number of hydrogen-bond donors (Lipinski definition) is 1. The first-order chi connectivity index (χ1) is 8.65. The highest BCUT2D eigenvalue weighted by atomic mass is 32.1. The first-order valence-corrected chi connectivity index (χ1v) is 7.58. The van der Waals surface area contributed by atoms with Crippen LogP contribution in [0.5, 0.6) is 0 Å². The maximum Gasteiger partial charge on any atom is 0.0896 e. The van der Waals surface area contributed by atoms with Gasteiger partial charge in [-0.1, -0.05) is 13.8 Å². The molecule has 0 aliphatic carbocycles. The third-order valence-electron chi connectivity index (χ3n) is 3.70. The predicted octanol–water partition coefficient (Wildman–Crippen LogP) is 3.04. The first kappa shape index (κ1) is 15.6. The molecule has 1 aromatic heterocycles. The number of rotatable bonds is 9. The minimum absolute atomic E-state index is 0.354. The van der Waals surface area contributed by atoms with Crippen LogP contribution in [0.3, 0.4) is 0 Å². The number of hydrogen-bond acceptors (Lipinski definition) is 4. The fourth-order valence-electron chi connectivity index (χ4n) is 2.20. The van der Waals surface area contributed by atoms with Crippen molar-refractivity contribution in [3.8, 4) is 0 Å². The summed E-state index contributed by atoms with van der Waals surface area (Å²) in [6.07, 6.45) is 5.56. The van der Waals surface area contributed by atoms with E-state index in [0.717, 1.165) is 26.1 Å². The van der Waals surface area contributed by atoms with E-state index in [4.69, 9.17) is 4.74 Å². The van der Waals surface area contributed by atoms with Gasteiger partial charge in [-0.15, -0.1) is 11.3 Å². The van der Waals surface area contributed by atoms with Gasteiger partial charge < -0.3 is 10.1 Å². The topological polar surface area (TPSA) is 34.1 Å². The monoisotopic (exact) mass is 270 g/mol. The summed E-state index contributed by atoms with van der Waals surface area (Å²) < 4.78 is 5.08. The molecule has 1 N–H and O–H groups in total. The highest BCUT2D eigenvalue weighted by Gasteiger charge is 2.26. The second-order valence-electron chi connectivity index (χ2n) is 4.90. The molecule has 0 atom stereocenters. The average molecular weight is 270 g/mol. The number of thiazole rings is 1. The van der Waals surface area contributed by atoms with Crippen LogP contribution in [0.2, 0.25) is 0 Å². The number of aromatic nitrogens is 1. The van der Waals surface area contributed by atoms with E-state index in [0.29, 0.717) is 5.41 Å². The molecule has 0 aliphatic heterocycles. The molecule has 1 rings (SSSR count). The van der Waals surface area contributed by atoms with E-state index in [1.807, 2.05) is 17.5 Å². The minimum Gasteiger partial charge on any atom is -0.383 e. The van der Waals surface area contributed by atoms with Gasteiger partial charge in [0.05, 0.1) is 11.6 Å². The van der Waals surface area contributed by atoms with Crippen molar-refractivity contribution >= 4 is 11.3 Å². The summed E-state index contributed by atoms with van der Waals surface area (Å²) in [7, 11) is 1.74. The summed E-state index contributed by atoms with van der Waals surface area (Å²) in [5.41, 5.74) is 0.354. The van der Waals surface area contributed by atoms with E-state index in [-0.39, 0.29) is 0 Å². The van der Waals surface area contributed by atoms with E-state index in [1.165, 1.54) is 22.7 Å². The zero-order valence-electron chi connectivity index (χ0n) is 12.1. The van der Waals surface area contributed by atoms with Crippen LogP contribution in [0, 0.1) is 12.3 Å². The van der Waals surface area contributed by atoms with Crippen molar-refractivity contribution in [2.75, 3.05) is 26.8 Å². The van der Waals surface area contributed by atoms with Gasteiger partial charge in [0, 0.05) is 31.3 Å². The molecule has 0 unspecified atom stereocenters. The molecule has 0 bridgehead atoms. The lowest BCUT2D eigenvalue weighted by molar-refractivity contribution is 0.186. The fourth-order valence-corrected chi connectivity index (χ4v) is 3.17. The Hall–Kier alpha value is -0.450. The van der Waals surface area contributed by atoms with Crippen molar-refractivity contribution in [3.63, 3.8) is 0 Å². The summed E-state index contributed by atoms with van der Waals surface area (Å²) >= 11 is 1.83. The minimum atomic E-state index is 0.354. The Labute approximate surface area is 115 Å². The lowest BCUT2D eigenvalue weighted by atomic mass is 9.79. The Balaban J connectivity index is 2.55. The van der Waals surface area contributed by atoms with Gasteiger partial charge in [-0.05, 0) is 31.6 Å². The molecule has 0 amide bonds. The maximum atomic E-state index is 5.08. The molecular formula is C14H26N2OS. The van der Waals surface area contributed by atoms with Gasteiger partial charge in [0.2, 0.25) is 0 Å². The SMILES string of the molecule is CCC(CC)(CNCCOC)Cc1cnc(C)s1. The number of nitrogens with one attached hydrogen (secondary N) is 1. The lowest BCUT2D eigenvalue weighted by Crippen LogP contribution is -2.36. The Morgan fingerprint density at radius 1 is 1.39 bits per heavy atom. The molecule has 1 heterocycles. The molecule has 0 saturated heterocycles. The summed E-state index contributed by atoms with van der Waals surface area (Å²) in [4.78, 5) is 5.76. The van der Waals surface area contributed by atoms with E-state index >= 15 is 0 Å². The highest BCUT2D eigenvalue weighted by molar-refractivity contribution is 7.11. The molecule has 0 saturated carbocycles. The number of ether oxygens (including phenoxy) is 1. The van der Waals surface area contributed by atoms with Gasteiger partial charge in [0.15, 0.2) is 0 Å².